The van der Waals surface area contributed by atoms with E-state index in [0.717, 1.165) is 31.8 Å². The zero-order chi connectivity index (χ0) is 11.5. The molecule has 0 radical (unpaired) electrons. The number of hydrogen-bond donors (Lipinski definition) is 3. The van der Waals surface area contributed by atoms with Crippen LogP contribution >= 0.6 is 0 Å². The molecule has 0 amide bonds. The molecule has 0 aromatic carbocycles. The van der Waals surface area contributed by atoms with Crippen LogP contribution in [-0.4, -0.2) is 23.1 Å². The van der Waals surface area contributed by atoms with Gasteiger partial charge in [0.1, 0.15) is 11.6 Å². The number of nitrogens with one attached hydrogen (secondary N) is 2. The molecule has 16 heavy (non-hydrogen) atoms. The first-order chi connectivity index (χ1) is 7.72. The van der Waals surface area contributed by atoms with Crippen molar-refractivity contribution in [3.63, 3.8) is 0 Å². The van der Waals surface area contributed by atoms with E-state index >= 15 is 0 Å². The van der Waals surface area contributed by atoms with Crippen LogP contribution < -0.4 is 16.6 Å². The van der Waals surface area contributed by atoms with Gasteiger partial charge < -0.3 is 16.0 Å². The Labute approximate surface area is 94.5 Å². The van der Waals surface area contributed by atoms with Crippen LogP contribution in [0.25, 0.3) is 0 Å². The Morgan fingerprint density at radius 2 is 2.12 bits per heavy atom. The van der Waals surface area contributed by atoms with Crippen LogP contribution in [0.4, 0.5) is 5.82 Å². The summed E-state index contributed by atoms with van der Waals surface area (Å²) in [5.41, 5.74) is 6.31. The van der Waals surface area contributed by atoms with E-state index < -0.39 is 0 Å². The number of nitrogens with two attached hydrogens (primary N) is 1. The lowest BCUT2D eigenvalue weighted by molar-refractivity contribution is 0.444. The first-order valence-corrected chi connectivity index (χ1v) is 5.81. The Hall–Kier alpha value is -1.36. The Balaban J connectivity index is 2.31. The van der Waals surface area contributed by atoms with Crippen LogP contribution in [0.2, 0.25) is 0 Å². The molecule has 2 rings (SSSR count). The van der Waals surface area contributed by atoms with Gasteiger partial charge in [-0.05, 0) is 32.4 Å². The lowest BCUT2D eigenvalue weighted by atomic mass is 9.97. The van der Waals surface area contributed by atoms with Crippen molar-refractivity contribution in [2.45, 2.75) is 32.1 Å². The topological polar surface area (TPSA) is 83.8 Å². The zero-order valence-electron chi connectivity index (χ0n) is 9.55. The Morgan fingerprint density at radius 3 is 2.69 bits per heavy atom. The lowest BCUT2D eigenvalue weighted by Crippen LogP contribution is -2.29. The van der Waals surface area contributed by atoms with E-state index in [4.69, 9.17) is 5.73 Å². The molecule has 0 saturated carbocycles. The largest absolute Gasteiger partial charge is 0.383 e. The highest BCUT2D eigenvalue weighted by Gasteiger charge is 2.19. The molecule has 1 aromatic rings. The van der Waals surface area contributed by atoms with Crippen molar-refractivity contribution in [2.24, 2.45) is 0 Å². The molecule has 4 N–H and O–H groups in total. The summed E-state index contributed by atoms with van der Waals surface area (Å²) >= 11 is 0. The molecule has 0 aliphatic carbocycles. The van der Waals surface area contributed by atoms with Gasteiger partial charge in [-0.3, -0.25) is 4.79 Å². The Bertz CT molecular complexity index is 420. The van der Waals surface area contributed by atoms with Crippen LogP contribution in [0, 0.1) is 0 Å². The van der Waals surface area contributed by atoms with Crippen LogP contribution in [0.5, 0.6) is 0 Å². The lowest BCUT2D eigenvalue weighted by Gasteiger charge is -2.22. The van der Waals surface area contributed by atoms with Gasteiger partial charge in [0.15, 0.2) is 0 Å². The summed E-state index contributed by atoms with van der Waals surface area (Å²) in [7, 11) is 0. The summed E-state index contributed by atoms with van der Waals surface area (Å²) in [5, 5.41) is 3.29. The number of aromatic amines is 1. The molecule has 0 unspecified atom stereocenters. The van der Waals surface area contributed by atoms with Gasteiger partial charge in [0, 0.05) is 5.92 Å². The van der Waals surface area contributed by atoms with Gasteiger partial charge in [-0.1, -0.05) is 6.92 Å². The van der Waals surface area contributed by atoms with E-state index in [2.05, 4.69) is 15.3 Å². The second kappa shape index (κ2) is 4.65. The number of hydrogen-bond acceptors (Lipinski definition) is 4. The van der Waals surface area contributed by atoms with Crippen LogP contribution in [0.1, 0.15) is 37.1 Å². The van der Waals surface area contributed by atoms with Gasteiger partial charge in [0.05, 0.1) is 5.56 Å². The fourth-order valence-corrected chi connectivity index (χ4v) is 2.16. The Kier molecular flexibility index (Phi) is 3.24. The highest BCUT2D eigenvalue weighted by molar-refractivity contribution is 5.37. The summed E-state index contributed by atoms with van der Waals surface area (Å²) in [6.45, 7) is 3.86. The monoisotopic (exact) mass is 222 g/mol. The van der Waals surface area contributed by atoms with Gasteiger partial charge >= 0.3 is 0 Å². The molecule has 0 atom stereocenters. The number of piperidine rings is 1. The third kappa shape index (κ3) is 2.09. The van der Waals surface area contributed by atoms with Gasteiger partial charge in [0.2, 0.25) is 0 Å². The zero-order valence-corrected chi connectivity index (χ0v) is 9.55. The number of rotatable bonds is 2. The highest BCUT2D eigenvalue weighted by atomic mass is 16.1. The van der Waals surface area contributed by atoms with E-state index in [1.54, 1.807) is 0 Å². The number of H-pyrrole nitrogens is 1. The number of nitrogens with zero attached hydrogens (tertiary/aromatic N) is 1. The van der Waals surface area contributed by atoms with E-state index in [0.29, 0.717) is 23.7 Å². The molecular formula is C11H18N4O. The summed E-state index contributed by atoms with van der Waals surface area (Å²) in [5.74, 6) is 1.48. The highest BCUT2D eigenvalue weighted by Crippen LogP contribution is 2.22. The first-order valence-electron chi connectivity index (χ1n) is 5.81. The van der Waals surface area contributed by atoms with E-state index in [1.165, 1.54) is 0 Å². The predicted octanol–water partition coefficient (Wildman–Crippen LogP) is 0.381. The van der Waals surface area contributed by atoms with Gasteiger partial charge in [-0.2, -0.15) is 0 Å². The van der Waals surface area contributed by atoms with Crippen molar-refractivity contribution in [2.75, 3.05) is 18.8 Å². The smallest absolute Gasteiger partial charge is 0.256 e. The van der Waals surface area contributed by atoms with E-state index in [9.17, 15) is 4.79 Å². The van der Waals surface area contributed by atoms with Crippen molar-refractivity contribution < 1.29 is 0 Å². The second-order valence-corrected chi connectivity index (χ2v) is 4.19. The third-order valence-corrected chi connectivity index (χ3v) is 3.15. The summed E-state index contributed by atoms with van der Waals surface area (Å²) in [4.78, 5) is 18.9. The minimum absolute atomic E-state index is 0.0801. The molecule has 1 saturated heterocycles. The molecule has 88 valence electrons. The maximum atomic E-state index is 11.7. The molecule has 1 aliphatic rings. The molecule has 0 bridgehead atoms. The fourth-order valence-electron chi connectivity index (χ4n) is 2.16. The van der Waals surface area contributed by atoms with Crippen LogP contribution in [-0.2, 0) is 6.42 Å². The molecule has 2 heterocycles. The molecule has 0 spiro atoms. The van der Waals surface area contributed by atoms with Crippen molar-refractivity contribution in [1.29, 1.82) is 0 Å². The molecule has 5 heteroatoms. The summed E-state index contributed by atoms with van der Waals surface area (Å²) in [6, 6.07) is 0. The third-order valence-electron chi connectivity index (χ3n) is 3.15. The average molecular weight is 222 g/mol. The minimum Gasteiger partial charge on any atom is -0.383 e. The quantitative estimate of drug-likeness (QED) is 0.675. The maximum absolute atomic E-state index is 11.7. The molecule has 1 fully saturated rings. The average Bonchev–Trinajstić information content (AvgIpc) is 2.30. The normalized spacial score (nSPS) is 17.6. The van der Waals surface area contributed by atoms with E-state index in [1.807, 2.05) is 6.92 Å². The summed E-state index contributed by atoms with van der Waals surface area (Å²) < 4.78 is 0. The fraction of sp³-hybridized carbons (Fsp3) is 0.636. The van der Waals surface area contributed by atoms with Crippen molar-refractivity contribution in [1.82, 2.24) is 15.3 Å². The Morgan fingerprint density at radius 1 is 1.44 bits per heavy atom. The van der Waals surface area contributed by atoms with Crippen molar-refractivity contribution >= 4 is 5.82 Å². The summed E-state index contributed by atoms with van der Waals surface area (Å²) in [6.07, 6.45) is 2.64. The van der Waals surface area contributed by atoms with Gasteiger partial charge in [0.25, 0.3) is 5.56 Å². The predicted molar refractivity (Wildman–Crippen MR) is 63.5 cm³/mol. The standard InChI is InChI=1S/C11H18N4O/c1-2-8-9(12)14-10(15-11(8)16)7-3-5-13-6-4-7/h7,13H,2-6H2,1H3,(H3,12,14,15,16). The molecule has 1 aliphatic heterocycles. The molecule has 5 nitrogen and oxygen atoms in total. The van der Waals surface area contributed by atoms with E-state index in [-0.39, 0.29) is 5.56 Å². The maximum Gasteiger partial charge on any atom is 0.256 e. The van der Waals surface area contributed by atoms with Crippen molar-refractivity contribution in [3.05, 3.63) is 21.7 Å². The van der Waals surface area contributed by atoms with Gasteiger partial charge in [-0.25, -0.2) is 4.98 Å². The van der Waals surface area contributed by atoms with Crippen molar-refractivity contribution in [3.8, 4) is 0 Å². The minimum atomic E-state index is -0.0801. The van der Waals surface area contributed by atoms with Crippen LogP contribution in [0.15, 0.2) is 4.79 Å². The SMILES string of the molecule is CCc1c(N)nc(C2CCNCC2)[nH]c1=O. The van der Waals surface area contributed by atoms with Gasteiger partial charge in [-0.15, -0.1) is 0 Å². The van der Waals surface area contributed by atoms with Crippen LogP contribution in [0.3, 0.4) is 0 Å². The number of anilines is 1. The number of nitrogen functional groups attached to an aromatic ring is 1. The first kappa shape index (κ1) is 11.1. The molecular weight excluding hydrogens is 204 g/mol. The number of aromatic nitrogens is 2. The second-order valence-electron chi connectivity index (χ2n) is 4.19. The molecule has 1 aromatic heterocycles.